The van der Waals surface area contributed by atoms with Crippen LogP contribution >= 0.6 is 11.3 Å². The Kier molecular flexibility index (Phi) is 5.36. The maximum atomic E-state index is 10.8. The smallest absolute Gasteiger partial charge is 0.320 e. The van der Waals surface area contributed by atoms with Crippen LogP contribution in [0.5, 0.6) is 0 Å². The molecule has 0 bridgehead atoms. The van der Waals surface area contributed by atoms with Crippen LogP contribution in [0.15, 0.2) is 17.5 Å². The van der Waals surface area contributed by atoms with E-state index in [1.807, 2.05) is 18.4 Å². The van der Waals surface area contributed by atoms with Gasteiger partial charge in [0.15, 0.2) is 0 Å². The topological polar surface area (TPSA) is 49.3 Å². The first kappa shape index (κ1) is 12.2. The molecule has 1 heterocycles. The Morgan fingerprint density at radius 3 is 3.00 bits per heavy atom. The molecule has 1 unspecified atom stereocenters. The number of hydrogen-bond acceptors (Lipinski definition) is 3. The van der Waals surface area contributed by atoms with Gasteiger partial charge in [-0.05, 0) is 24.3 Å². The summed E-state index contributed by atoms with van der Waals surface area (Å²) in [5, 5.41) is 14.0. The van der Waals surface area contributed by atoms with Gasteiger partial charge in [0.1, 0.15) is 6.04 Å². The predicted octanol–water partition coefficient (Wildman–Crippen LogP) is 2.13. The average Bonchev–Trinajstić information content (AvgIpc) is 2.69. The summed E-state index contributed by atoms with van der Waals surface area (Å²) in [5.41, 5.74) is 0. The van der Waals surface area contributed by atoms with Crippen LogP contribution in [0.25, 0.3) is 0 Å². The van der Waals surface area contributed by atoms with Crippen molar-refractivity contribution in [3.8, 4) is 0 Å². The van der Waals surface area contributed by atoms with Gasteiger partial charge in [-0.2, -0.15) is 0 Å². The van der Waals surface area contributed by atoms with Crippen molar-refractivity contribution < 1.29 is 9.90 Å². The molecular formula is C11H17NO2S. The van der Waals surface area contributed by atoms with Crippen LogP contribution in [-0.4, -0.2) is 23.7 Å². The van der Waals surface area contributed by atoms with E-state index in [4.69, 9.17) is 5.11 Å². The van der Waals surface area contributed by atoms with E-state index in [9.17, 15) is 4.79 Å². The van der Waals surface area contributed by atoms with E-state index in [2.05, 4.69) is 11.4 Å². The molecule has 0 saturated heterocycles. The molecule has 0 saturated carbocycles. The fraction of sp³-hybridized carbons (Fsp3) is 0.545. The van der Waals surface area contributed by atoms with E-state index < -0.39 is 12.0 Å². The standard InChI is InChI=1S/C11H17NO2S/c1-2-4-10(11(13)14)12-7-6-9-5-3-8-15-9/h3,5,8,10,12H,2,4,6-7H2,1H3,(H,13,14). The lowest BCUT2D eigenvalue weighted by atomic mass is 10.1. The normalized spacial score (nSPS) is 12.6. The lowest BCUT2D eigenvalue weighted by Crippen LogP contribution is -2.37. The summed E-state index contributed by atoms with van der Waals surface area (Å²) < 4.78 is 0. The summed E-state index contributed by atoms with van der Waals surface area (Å²) in [7, 11) is 0. The lowest BCUT2D eigenvalue weighted by molar-refractivity contribution is -0.139. The van der Waals surface area contributed by atoms with Crippen LogP contribution in [-0.2, 0) is 11.2 Å². The van der Waals surface area contributed by atoms with Crippen molar-refractivity contribution in [2.24, 2.45) is 0 Å². The minimum atomic E-state index is -0.747. The van der Waals surface area contributed by atoms with Crippen LogP contribution < -0.4 is 5.32 Å². The second-order valence-electron chi connectivity index (χ2n) is 3.46. The number of thiophene rings is 1. The van der Waals surface area contributed by atoms with Crippen molar-refractivity contribution in [3.63, 3.8) is 0 Å². The highest BCUT2D eigenvalue weighted by molar-refractivity contribution is 7.09. The minimum absolute atomic E-state index is 0.394. The third-order valence-corrected chi connectivity index (χ3v) is 3.15. The highest BCUT2D eigenvalue weighted by atomic mass is 32.1. The molecule has 0 aliphatic heterocycles. The van der Waals surface area contributed by atoms with Crippen LogP contribution in [0.4, 0.5) is 0 Å². The van der Waals surface area contributed by atoms with E-state index >= 15 is 0 Å². The first-order valence-electron chi connectivity index (χ1n) is 5.22. The highest BCUT2D eigenvalue weighted by Gasteiger charge is 2.14. The third-order valence-electron chi connectivity index (χ3n) is 2.22. The molecule has 0 radical (unpaired) electrons. The molecule has 84 valence electrons. The fourth-order valence-electron chi connectivity index (χ4n) is 1.43. The van der Waals surface area contributed by atoms with Crippen molar-refractivity contribution >= 4 is 17.3 Å². The van der Waals surface area contributed by atoms with Crippen molar-refractivity contribution in [1.82, 2.24) is 5.32 Å². The molecule has 4 heteroatoms. The number of carbonyl (C=O) groups is 1. The molecule has 0 spiro atoms. The third kappa shape index (κ3) is 4.44. The molecule has 0 aliphatic carbocycles. The van der Waals surface area contributed by atoms with Gasteiger partial charge in [-0.25, -0.2) is 0 Å². The van der Waals surface area contributed by atoms with Crippen molar-refractivity contribution in [1.29, 1.82) is 0 Å². The zero-order valence-electron chi connectivity index (χ0n) is 8.90. The number of carboxylic acid groups (broad SMARTS) is 1. The van der Waals surface area contributed by atoms with Gasteiger partial charge in [-0.15, -0.1) is 11.3 Å². The Morgan fingerprint density at radius 1 is 1.67 bits per heavy atom. The molecule has 1 atom stereocenters. The molecule has 1 rings (SSSR count). The molecule has 2 N–H and O–H groups in total. The van der Waals surface area contributed by atoms with E-state index in [0.717, 1.165) is 19.4 Å². The quantitative estimate of drug-likeness (QED) is 0.750. The Morgan fingerprint density at radius 2 is 2.47 bits per heavy atom. The van der Waals surface area contributed by atoms with E-state index in [0.29, 0.717) is 6.42 Å². The molecular weight excluding hydrogens is 210 g/mol. The van der Waals surface area contributed by atoms with E-state index in [-0.39, 0.29) is 0 Å². The zero-order valence-corrected chi connectivity index (χ0v) is 9.72. The maximum absolute atomic E-state index is 10.8. The molecule has 0 fully saturated rings. The summed E-state index contributed by atoms with van der Waals surface area (Å²) in [4.78, 5) is 12.1. The molecule has 0 amide bonds. The van der Waals surface area contributed by atoms with Crippen molar-refractivity contribution in [3.05, 3.63) is 22.4 Å². The second-order valence-corrected chi connectivity index (χ2v) is 4.50. The number of aliphatic carboxylic acids is 1. The molecule has 0 aromatic carbocycles. The van der Waals surface area contributed by atoms with Gasteiger partial charge in [0.2, 0.25) is 0 Å². The van der Waals surface area contributed by atoms with Gasteiger partial charge in [-0.1, -0.05) is 19.4 Å². The summed E-state index contributed by atoms with van der Waals surface area (Å²) in [6, 6.07) is 3.69. The Bertz CT molecular complexity index is 285. The first-order chi connectivity index (χ1) is 7.24. The number of rotatable bonds is 7. The molecule has 15 heavy (non-hydrogen) atoms. The molecule has 1 aromatic heterocycles. The molecule has 0 aliphatic rings. The fourth-order valence-corrected chi connectivity index (χ4v) is 2.13. The second kappa shape index (κ2) is 6.58. The van der Waals surface area contributed by atoms with Crippen molar-refractivity contribution in [2.75, 3.05) is 6.54 Å². The SMILES string of the molecule is CCCC(NCCc1cccs1)C(=O)O. The van der Waals surface area contributed by atoms with Gasteiger partial charge >= 0.3 is 5.97 Å². The number of carboxylic acids is 1. The number of nitrogens with one attached hydrogen (secondary N) is 1. The summed E-state index contributed by atoms with van der Waals surface area (Å²) in [6.07, 6.45) is 2.49. The van der Waals surface area contributed by atoms with Crippen molar-refractivity contribution in [2.45, 2.75) is 32.2 Å². The minimum Gasteiger partial charge on any atom is -0.480 e. The van der Waals surface area contributed by atoms with Gasteiger partial charge in [0.25, 0.3) is 0 Å². The Hall–Kier alpha value is -0.870. The van der Waals surface area contributed by atoms with Crippen LogP contribution in [0.3, 0.4) is 0 Å². The van der Waals surface area contributed by atoms with E-state index in [1.165, 1.54) is 4.88 Å². The first-order valence-corrected chi connectivity index (χ1v) is 6.10. The number of hydrogen-bond donors (Lipinski definition) is 2. The summed E-state index contributed by atoms with van der Waals surface area (Å²) in [6.45, 7) is 2.73. The van der Waals surface area contributed by atoms with Crippen LogP contribution in [0, 0.1) is 0 Å². The van der Waals surface area contributed by atoms with Gasteiger partial charge < -0.3 is 10.4 Å². The monoisotopic (exact) mass is 227 g/mol. The van der Waals surface area contributed by atoms with Crippen LogP contribution in [0.2, 0.25) is 0 Å². The Labute approximate surface area is 94.1 Å². The Balaban J connectivity index is 2.25. The largest absolute Gasteiger partial charge is 0.480 e. The summed E-state index contributed by atoms with van der Waals surface area (Å²) in [5.74, 6) is -0.747. The van der Waals surface area contributed by atoms with Gasteiger partial charge in [0.05, 0.1) is 0 Å². The average molecular weight is 227 g/mol. The lowest BCUT2D eigenvalue weighted by Gasteiger charge is -2.12. The maximum Gasteiger partial charge on any atom is 0.320 e. The predicted molar refractivity (Wildman–Crippen MR) is 62.4 cm³/mol. The van der Waals surface area contributed by atoms with Gasteiger partial charge in [0, 0.05) is 11.4 Å². The van der Waals surface area contributed by atoms with Crippen LogP contribution in [0.1, 0.15) is 24.6 Å². The zero-order chi connectivity index (χ0) is 11.1. The van der Waals surface area contributed by atoms with Gasteiger partial charge in [-0.3, -0.25) is 4.79 Å². The summed E-state index contributed by atoms with van der Waals surface area (Å²) >= 11 is 1.71. The molecule has 3 nitrogen and oxygen atoms in total. The van der Waals surface area contributed by atoms with E-state index in [1.54, 1.807) is 11.3 Å². The highest BCUT2D eigenvalue weighted by Crippen LogP contribution is 2.08. The molecule has 1 aromatic rings.